The molecule has 1 aliphatic rings. The van der Waals surface area contributed by atoms with Crippen LogP contribution < -0.4 is 0 Å². The van der Waals surface area contributed by atoms with Crippen molar-refractivity contribution in [2.45, 2.75) is 26.4 Å². The largest absolute Gasteiger partial charge is 0.316 e. The summed E-state index contributed by atoms with van der Waals surface area (Å²) < 4.78 is 0. The Hall–Kier alpha value is -1.84. The van der Waals surface area contributed by atoms with Gasteiger partial charge in [0.1, 0.15) is 6.17 Å². The molecule has 2 amide bonds. The second-order valence-corrected chi connectivity index (χ2v) is 4.44. The highest BCUT2D eigenvalue weighted by Crippen LogP contribution is 2.30. The number of benzene rings is 1. The molecular formula is C14H18N2O2. The van der Waals surface area contributed by atoms with Crippen LogP contribution in [0.15, 0.2) is 30.3 Å². The lowest BCUT2D eigenvalue weighted by Crippen LogP contribution is -2.36. The van der Waals surface area contributed by atoms with Crippen molar-refractivity contribution in [2.75, 3.05) is 13.1 Å². The molecule has 1 atom stereocenters. The number of carbonyl (C=O) groups excluding carboxylic acids is 2. The molecule has 0 bridgehead atoms. The maximum Gasteiger partial charge on any atom is 0.224 e. The van der Waals surface area contributed by atoms with Crippen LogP contribution in [0.1, 0.15) is 32.0 Å². The normalized spacial score (nSPS) is 19.1. The number of hydrogen-bond donors (Lipinski definition) is 0. The third-order valence-corrected chi connectivity index (χ3v) is 3.30. The molecule has 0 aromatic heterocycles. The van der Waals surface area contributed by atoms with Gasteiger partial charge in [0.2, 0.25) is 11.8 Å². The first kappa shape index (κ1) is 12.6. The molecular weight excluding hydrogens is 228 g/mol. The molecule has 1 aromatic rings. The zero-order chi connectivity index (χ0) is 13.1. The van der Waals surface area contributed by atoms with E-state index in [1.807, 2.05) is 37.3 Å². The molecule has 0 aliphatic carbocycles. The molecule has 96 valence electrons. The van der Waals surface area contributed by atoms with E-state index in [1.165, 1.54) is 0 Å². The number of hydrogen-bond acceptors (Lipinski definition) is 2. The first-order valence-electron chi connectivity index (χ1n) is 6.26. The van der Waals surface area contributed by atoms with Crippen molar-refractivity contribution in [1.82, 2.24) is 9.80 Å². The zero-order valence-electron chi connectivity index (χ0n) is 10.8. The fourth-order valence-electron chi connectivity index (χ4n) is 2.41. The van der Waals surface area contributed by atoms with Gasteiger partial charge in [0.05, 0.1) is 0 Å². The number of rotatable bonds is 2. The third-order valence-electron chi connectivity index (χ3n) is 3.30. The summed E-state index contributed by atoms with van der Waals surface area (Å²) in [4.78, 5) is 27.2. The molecule has 1 aromatic carbocycles. The number of amides is 2. The standard InChI is InChI=1S/C14H18N2O2/c1-3-13(18)16-10-9-15(11(2)17)14(16)12-7-5-4-6-8-12/h4-8,14H,3,9-10H2,1-2H3/t14-/m1/s1. The highest BCUT2D eigenvalue weighted by atomic mass is 16.2. The van der Waals surface area contributed by atoms with Crippen LogP contribution in [0.5, 0.6) is 0 Å². The molecule has 1 saturated heterocycles. The molecule has 1 aliphatic heterocycles. The lowest BCUT2D eigenvalue weighted by Gasteiger charge is -2.29. The predicted molar refractivity (Wildman–Crippen MR) is 68.6 cm³/mol. The smallest absolute Gasteiger partial charge is 0.224 e. The second kappa shape index (κ2) is 5.21. The van der Waals surface area contributed by atoms with Crippen molar-refractivity contribution < 1.29 is 9.59 Å². The van der Waals surface area contributed by atoms with Gasteiger partial charge < -0.3 is 9.80 Å². The van der Waals surface area contributed by atoms with E-state index in [-0.39, 0.29) is 18.0 Å². The predicted octanol–water partition coefficient (Wildman–Crippen LogP) is 1.79. The molecule has 2 rings (SSSR count). The minimum absolute atomic E-state index is 0.00950. The molecule has 18 heavy (non-hydrogen) atoms. The van der Waals surface area contributed by atoms with E-state index in [4.69, 9.17) is 0 Å². The second-order valence-electron chi connectivity index (χ2n) is 4.44. The van der Waals surface area contributed by atoms with Gasteiger partial charge in [0, 0.05) is 26.4 Å². The summed E-state index contributed by atoms with van der Waals surface area (Å²) in [7, 11) is 0. The average Bonchev–Trinajstić information content (AvgIpc) is 2.83. The topological polar surface area (TPSA) is 40.6 Å². The summed E-state index contributed by atoms with van der Waals surface area (Å²) in [5, 5.41) is 0. The third kappa shape index (κ3) is 2.23. The summed E-state index contributed by atoms with van der Waals surface area (Å²) in [6, 6.07) is 9.72. The van der Waals surface area contributed by atoms with Gasteiger partial charge in [-0.3, -0.25) is 9.59 Å². The summed E-state index contributed by atoms with van der Waals surface area (Å²) in [6.45, 7) is 4.63. The van der Waals surface area contributed by atoms with Crippen LogP contribution in [-0.4, -0.2) is 34.7 Å². The Labute approximate surface area is 107 Å². The van der Waals surface area contributed by atoms with E-state index in [2.05, 4.69) is 0 Å². The van der Waals surface area contributed by atoms with Gasteiger partial charge in [0.15, 0.2) is 0 Å². The van der Waals surface area contributed by atoms with Gasteiger partial charge in [-0.05, 0) is 5.56 Å². The van der Waals surface area contributed by atoms with E-state index >= 15 is 0 Å². The Morgan fingerprint density at radius 3 is 2.33 bits per heavy atom. The fourth-order valence-corrected chi connectivity index (χ4v) is 2.41. The van der Waals surface area contributed by atoms with Crippen molar-refractivity contribution in [3.8, 4) is 0 Å². The van der Waals surface area contributed by atoms with Gasteiger partial charge >= 0.3 is 0 Å². The van der Waals surface area contributed by atoms with E-state index in [1.54, 1.807) is 16.7 Å². The Kier molecular flexibility index (Phi) is 3.65. The molecule has 0 radical (unpaired) electrons. The van der Waals surface area contributed by atoms with E-state index in [0.29, 0.717) is 19.5 Å². The van der Waals surface area contributed by atoms with Crippen LogP contribution in [-0.2, 0) is 9.59 Å². The van der Waals surface area contributed by atoms with Crippen LogP contribution in [0.4, 0.5) is 0 Å². The summed E-state index contributed by atoms with van der Waals surface area (Å²) in [5.41, 5.74) is 0.993. The minimum Gasteiger partial charge on any atom is -0.316 e. The monoisotopic (exact) mass is 246 g/mol. The van der Waals surface area contributed by atoms with Crippen molar-refractivity contribution in [2.24, 2.45) is 0 Å². The quantitative estimate of drug-likeness (QED) is 0.798. The van der Waals surface area contributed by atoms with E-state index in [9.17, 15) is 9.59 Å². The Morgan fingerprint density at radius 1 is 1.17 bits per heavy atom. The fraction of sp³-hybridized carbons (Fsp3) is 0.429. The van der Waals surface area contributed by atoms with Crippen LogP contribution in [0, 0.1) is 0 Å². The van der Waals surface area contributed by atoms with Crippen LogP contribution >= 0.6 is 0 Å². The lowest BCUT2D eigenvalue weighted by atomic mass is 10.1. The summed E-state index contributed by atoms with van der Waals surface area (Å²) >= 11 is 0. The molecule has 4 heteroatoms. The maximum absolute atomic E-state index is 12.0. The minimum atomic E-state index is -0.240. The molecule has 0 spiro atoms. The van der Waals surface area contributed by atoms with Crippen LogP contribution in [0.25, 0.3) is 0 Å². The SMILES string of the molecule is CCC(=O)N1CCN(C(C)=O)[C@H]1c1ccccc1. The number of carbonyl (C=O) groups is 2. The zero-order valence-corrected chi connectivity index (χ0v) is 10.8. The Balaban J connectivity index is 2.34. The van der Waals surface area contributed by atoms with Gasteiger partial charge in [-0.2, -0.15) is 0 Å². The van der Waals surface area contributed by atoms with Gasteiger partial charge in [0.25, 0.3) is 0 Å². The van der Waals surface area contributed by atoms with Gasteiger partial charge in [-0.15, -0.1) is 0 Å². The van der Waals surface area contributed by atoms with Crippen LogP contribution in [0.2, 0.25) is 0 Å². The van der Waals surface area contributed by atoms with Crippen LogP contribution in [0.3, 0.4) is 0 Å². The lowest BCUT2D eigenvalue weighted by molar-refractivity contribution is -0.137. The summed E-state index contributed by atoms with van der Waals surface area (Å²) in [6.07, 6.45) is 0.228. The van der Waals surface area contributed by atoms with E-state index in [0.717, 1.165) is 5.56 Å². The molecule has 1 fully saturated rings. The summed E-state index contributed by atoms with van der Waals surface area (Å²) in [5.74, 6) is 0.0999. The average molecular weight is 246 g/mol. The Morgan fingerprint density at radius 2 is 1.78 bits per heavy atom. The number of nitrogens with zero attached hydrogens (tertiary/aromatic N) is 2. The molecule has 0 N–H and O–H groups in total. The van der Waals surface area contributed by atoms with Crippen molar-refractivity contribution in [3.63, 3.8) is 0 Å². The maximum atomic E-state index is 12.0. The highest BCUT2D eigenvalue weighted by molar-refractivity contribution is 5.79. The first-order valence-corrected chi connectivity index (χ1v) is 6.26. The van der Waals surface area contributed by atoms with Crippen molar-refractivity contribution in [1.29, 1.82) is 0 Å². The molecule has 4 nitrogen and oxygen atoms in total. The van der Waals surface area contributed by atoms with Gasteiger partial charge in [-0.1, -0.05) is 37.3 Å². The first-order chi connectivity index (χ1) is 8.65. The molecule has 0 saturated carbocycles. The molecule has 1 heterocycles. The Bertz CT molecular complexity index is 444. The van der Waals surface area contributed by atoms with E-state index < -0.39 is 0 Å². The highest BCUT2D eigenvalue weighted by Gasteiger charge is 2.36. The molecule has 0 unspecified atom stereocenters. The van der Waals surface area contributed by atoms with Gasteiger partial charge in [-0.25, -0.2) is 0 Å². The van der Waals surface area contributed by atoms with Crippen molar-refractivity contribution >= 4 is 11.8 Å². The van der Waals surface area contributed by atoms with Crippen molar-refractivity contribution in [3.05, 3.63) is 35.9 Å².